The van der Waals surface area contributed by atoms with E-state index in [0.717, 1.165) is 0 Å². The minimum absolute atomic E-state index is 0.0974. The maximum absolute atomic E-state index is 12.7. The van der Waals surface area contributed by atoms with Crippen molar-refractivity contribution < 1.29 is 23.8 Å². The van der Waals surface area contributed by atoms with Gasteiger partial charge in [0.1, 0.15) is 17.0 Å². The maximum Gasteiger partial charge on any atom is 0.357 e. The van der Waals surface area contributed by atoms with Crippen molar-refractivity contribution in [1.82, 2.24) is 9.78 Å². The van der Waals surface area contributed by atoms with Crippen molar-refractivity contribution in [3.8, 4) is 22.7 Å². The summed E-state index contributed by atoms with van der Waals surface area (Å²) in [5, 5.41) is 5.02. The fourth-order valence-electron chi connectivity index (χ4n) is 2.89. The Labute approximate surface area is 176 Å². The fourth-order valence-corrected chi connectivity index (χ4v) is 3.46. The molecule has 0 aliphatic heterocycles. The van der Waals surface area contributed by atoms with Crippen molar-refractivity contribution in [2.45, 2.75) is 0 Å². The van der Waals surface area contributed by atoms with Gasteiger partial charge in [0.2, 0.25) is 0 Å². The van der Waals surface area contributed by atoms with E-state index in [1.807, 2.05) is 6.07 Å². The summed E-state index contributed by atoms with van der Waals surface area (Å²) >= 11 is 12.4. The molecule has 0 unspecified atom stereocenters. The Bertz CT molecular complexity index is 1080. The Morgan fingerprint density at radius 3 is 2.21 bits per heavy atom. The van der Waals surface area contributed by atoms with Gasteiger partial charge in [-0.3, -0.25) is 0 Å². The Kier molecular flexibility index (Phi) is 6.10. The van der Waals surface area contributed by atoms with E-state index in [1.165, 1.54) is 38.1 Å². The van der Waals surface area contributed by atoms with E-state index in [1.54, 1.807) is 24.3 Å². The van der Waals surface area contributed by atoms with Crippen LogP contribution in [0.3, 0.4) is 0 Å². The SMILES string of the molecule is COC(=O)c1c(-c2cc(Cl)cc(Cl)c2OC)nn(-c2ccccc2)c1C(=O)OC. The molecule has 0 aliphatic rings. The minimum Gasteiger partial charge on any atom is -0.494 e. The molecule has 0 radical (unpaired) electrons. The monoisotopic (exact) mass is 434 g/mol. The number of rotatable bonds is 5. The van der Waals surface area contributed by atoms with Gasteiger partial charge in [0, 0.05) is 10.6 Å². The quantitative estimate of drug-likeness (QED) is 0.552. The zero-order valence-corrected chi connectivity index (χ0v) is 17.2. The van der Waals surface area contributed by atoms with Gasteiger partial charge in [-0.2, -0.15) is 5.10 Å². The Hall–Kier alpha value is -3.03. The molecule has 0 spiro atoms. The predicted octanol–water partition coefficient (Wildman–Crippen LogP) is 4.43. The van der Waals surface area contributed by atoms with Gasteiger partial charge in [0.05, 0.1) is 32.0 Å². The molecule has 150 valence electrons. The highest BCUT2D eigenvalue weighted by molar-refractivity contribution is 6.36. The summed E-state index contributed by atoms with van der Waals surface area (Å²) < 4.78 is 16.5. The standard InChI is InChI=1S/C20H16Cl2N2O5/c1-27-18-13(9-11(21)10-14(18)22)16-15(19(25)28-2)17(20(26)29-3)24(23-16)12-7-5-4-6-8-12/h4-10H,1-3H3. The molecule has 2 aromatic carbocycles. The molecule has 1 heterocycles. The van der Waals surface area contributed by atoms with Crippen LogP contribution in [0.4, 0.5) is 0 Å². The highest BCUT2D eigenvalue weighted by Gasteiger charge is 2.33. The second kappa shape index (κ2) is 8.55. The lowest BCUT2D eigenvalue weighted by molar-refractivity contribution is 0.0549. The number of nitrogens with zero attached hydrogens (tertiary/aromatic N) is 2. The van der Waals surface area contributed by atoms with Crippen LogP contribution in [0, 0.1) is 0 Å². The van der Waals surface area contributed by atoms with Gasteiger partial charge in [-0.25, -0.2) is 14.3 Å². The maximum atomic E-state index is 12.7. The summed E-state index contributed by atoms with van der Waals surface area (Å²) in [6.45, 7) is 0. The summed E-state index contributed by atoms with van der Waals surface area (Å²) in [6, 6.07) is 11.8. The van der Waals surface area contributed by atoms with E-state index in [9.17, 15) is 9.59 Å². The summed E-state index contributed by atoms with van der Waals surface area (Å²) in [6.07, 6.45) is 0. The molecule has 0 amide bonds. The topological polar surface area (TPSA) is 79.7 Å². The van der Waals surface area contributed by atoms with Gasteiger partial charge in [0.25, 0.3) is 0 Å². The number of hydrogen-bond donors (Lipinski definition) is 0. The number of carbonyl (C=O) groups is 2. The lowest BCUT2D eigenvalue weighted by Crippen LogP contribution is -2.15. The van der Waals surface area contributed by atoms with E-state index in [0.29, 0.717) is 16.3 Å². The van der Waals surface area contributed by atoms with Crippen LogP contribution in [0.1, 0.15) is 20.8 Å². The van der Waals surface area contributed by atoms with E-state index >= 15 is 0 Å². The number of benzene rings is 2. The van der Waals surface area contributed by atoms with E-state index in [-0.39, 0.29) is 27.7 Å². The number of hydrogen-bond acceptors (Lipinski definition) is 6. The predicted molar refractivity (Wildman–Crippen MR) is 108 cm³/mol. The molecule has 0 saturated heterocycles. The number of methoxy groups -OCH3 is 3. The molecule has 3 aromatic rings. The average Bonchev–Trinajstić information content (AvgIpc) is 3.13. The summed E-state index contributed by atoms with van der Waals surface area (Å²) in [7, 11) is 3.84. The molecular formula is C20H16Cl2N2O5. The van der Waals surface area contributed by atoms with Crippen LogP contribution in [-0.4, -0.2) is 43.0 Å². The number of esters is 2. The van der Waals surface area contributed by atoms with Crippen LogP contribution >= 0.6 is 23.2 Å². The van der Waals surface area contributed by atoms with Crippen LogP contribution in [0.2, 0.25) is 10.0 Å². The second-order valence-corrected chi connectivity index (χ2v) is 6.61. The zero-order valence-electron chi connectivity index (χ0n) is 15.7. The number of aromatic nitrogens is 2. The molecule has 1 aromatic heterocycles. The highest BCUT2D eigenvalue weighted by Crippen LogP contribution is 2.41. The minimum atomic E-state index is -0.777. The fraction of sp³-hybridized carbons (Fsp3) is 0.150. The third-order valence-electron chi connectivity index (χ3n) is 4.12. The van der Waals surface area contributed by atoms with Crippen LogP contribution < -0.4 is 4.74 Å². The first-order chi connectivity index (χ1) is 13.9. The Morgan fingerprint density at radius 2 is 1.62 bits per heavy atom. The first kappa shape index (κ1) is 20.7. The number of carbonyl (C=O) groups excluding carboxylic acids is 2. The van der Waals surface area contributed by atoms with Crippen molar-refractivity contribution in [2.24, 2.45) is 0 Å². The van der Waals surface area contributed by atoms with Crippen LogP contribution in [0.5, 0.6) is 5.75 Å². The van der Waals surface area contributed by atoms with Crippen molar-refractivity contribution in [2.75, 3.05) is 21.3 Å². The lowest BCUT2D eigenvalue weighted by atomic mass is 10.0. The molecule has 9 heteroatoms. The van der Waals surface area contributed by atoms with Crippen LogP contribution in [0.25, 0.3) is 16.9 Å². The molecule has 0 aliphatic carbocycles. The van der Waals surface area contributed by atoms with Crippen molar-refractivity contribution >= 4 is 35.1 Å². The zero-order chi connectivity index (χ0) is 21.1. The summed E-state index contributed by atoms with van der Waals surface area (Å²) in [4.78, 5) is 25.3. The summed E-state index contributed by atoms with van der Waals surface area (Å²) in [5.41, 5.74) is 0.780. The van der Waals surface area contributed by atoms with Crippen molar-refractivity contribution in [3.63, 3.8) is 0 Å². The van der Waals surface area contributed by atoms with Gasteiger partial charge in [-0.15, -0.1) is 0 Å². The number of halogens is 2. The second-order valence-electron chi connectivity index (χ2n) is 5.77. The first-order valence-corrected chi connectivity index (χ1v) is 9.07. The largest absolute Gasteiger partial charge is 0.494 e. The third kappa shape index (κ3) is 3.79. The molecule has 29 heavy (non-hydrogen) atoms. The number of para-hydroxylation sites is 1. The molecule has 0 saturated carbocycles. The van der Waals surface area contributed by atoms with Crippen LogP contribution in [0.15, 0.2) is 42.5 Å². The van der Waals surface area contributed by atoms with E-state index in [4.69, 9.17) is 37.4 Å². The van der Waals surface area contributed by atoms with Gasteiger partial charge in [-0.05, 0) is 24.3 Å². The van der Waals surface area contributed by atoms with Gasteiger partial charge in [0.15, 0.2) is 5.69 Å². The van der Waals surface area contributed by atoms with Crippen molar-refractivity contribution in [3.05, 3.63) is 63.8 Å². The normalized spacial score (nSPS) is 10.5. The Morgan fingerprint density at radius 1 is 0.966 bits per heavy atom. The van der Waals surface area contributed by atoms with E-state index < -0.39 is 11.9 Å². The van der Waals surface area contributed by atoms with Gasteiger partial charge >= 0.3 is 11.9 Å². The average molecular weight is 435 g/mol. The smallest absolute Gasteiger partial charge is 0.357 e. The molecule has 0 atom stereocenters. The highest BCUT2D eigenvalue weighted by atomic mass is 35.5. The molecule has 0 N–H and O–H groups in total. The first-order valence-electron chi connectivity index (χ1n) is 8.31. The van der Waals surface area contributed by atoms with Crippen LogP contribution in [-0.2, 0) is 9.47 Å². The Balaban J connectivity index is 2.44. The summed E-state index contributed by atoms with van der Waals surface area (Å²) in [5.74, 6) is -1.30. The molecule has 0 fully saturated rings. The van der Waals surface area contributed by atoms with Gasteiger partial charge in [-0.1, -0.05) is 41.4 Å². The molecular weight excluding hydrogens is 419 g/mol. The lowest BCUT2D eigenvalue weighted by Gasteiger charge is -2.10. The molecule has 7 nitrogen and oxygen atoms in total. The van der Waals surface area contributed by atoms with Crippen molar-refractivity contribution in [1.29, 1.82) is 0 Å². The van der Waals surface area contributed by atoms with Gasteiger partial charge < -0.3 is 14.2 Å². The third-order valence-corrected chi connectivity index (χ3v) is 4.62. The molecule has 0 bridgehead atoms. The molecule has 3 rings (SSSR count). The number of ether oxygens (including phenoxy) is 3. The van der Waals surface area contributed by atoms with E-state index in [2.05, 4.69) is 5.10 Å².